The van der Waals surface area contributed by atoms with Gasteiger partial charge < -0.3 is 9.47 Å². The number of rotatable bonds is 5. The molecule has 0 saturated heterocycles. The molecule has 204 valence electrons. The summed E-state index contributed by atoms with van der Waals surface area (Å²) in [6.07, 6.45) is 8.32. The zero-order valence-electron chi connectivity index (χ0n) is 23.6. The van der Waals surface area contributed by atoms with Crippen molar-refractivity contribution in [2.45, 2.75) is 0 Å². The molecule has 0 saturated carbocycles. The van der Waals surface area contributed by atoms with Crippen molar-refractivity contribution >= 4 is 50.8 Å². The van der Waals surface area contributed by atoms with Gasteiger partial charge in [-0.15, -0.1) is 0 Å². The summed E-state index contributed by atoms with van der Waals surface area (Å²) in [7, 11) is 0. The van der Waals surface area contributed by atoms with Gasteiger partial charge in [-0.25, -0.2) is 4.98 Å². The third-order valence-electron chi connectivity index (χ3n) is 8.30. The van der Waals surface area contributed by atoms with Crippen molar-refractivity contribution in [1.29, 1.82) is 0 Å². The van der Waals surface area contributed by atoms with Crippen molar-refractivity contribution in [3.05, 3.63) is 146 Å². The predicted molar refractivity (Wildman–Crippen MR) is 182 cm³/mol. The van der Waals surface area contributed by atoms with Gasteiger partial charge in [0.05, 0.1) is 33.6 Å². The number of hydrogen-bond donors (Lipinski definition) is 0. The van der Waals surface area contributed by atoms with Crippen molar-refractivity contribution in [2.75, 3.05) is 11.4 Å². The molecule has 0 bridgehead atoms. The van der Waals surface area contributed by atoms with Crippen LogP contribution >= 0.6 is 0 Å². The van der Waals surface area contributed by atoms with Gasteiger partial charge in [-0.3, -0.25) is 4.99 Å². The van der Waals surface area contributed by atoms with Crippen LogP contribution in [0.3, 0.4) is 0 Å². The highest BCUT2D eigenvalue weighted by atomic mass is 15.1. The second-order valence-corrected chi connectivity index (χ2v) is 10.7. The SMILES string of the molecule is C=Nc1c(N2C=CC=CC2)c(-c2ccc(-c3ccc(-n4c5ccccc5c5ccccc54)cc3)cc2)nc2ccccc12. The van der Waals surface area contributed by atoms with Gasteiger partial charge in [0.25, 0.3) is 0 Å². The molecule has 4 heteroatoms. The number of aliphatic imine (C=N–C) groups is 1. The summed E-state index contributed by atoms with van der Waals surface area (Å²) < 4.78 is 2.35. The largest absolute Gasteiger partial charge is 0.341 e. The molecule has 3 heterocycles. The van der Waals surface area contributed by atoms with Crippen LogP contribution in [0.5, 0.6) is 0 Å². The minimum atomic E-state index is 0.752. The molecule has 0 radical (unpaired) electrons. The lowest BCUT2D eigenvalue weighted by molar-refractivity contribution is 1.07. The quantitative estimate of drug-likeness (QED) is 0.199. The van der Waals surface area contributed by atoms with Crippen LogP contribution in [0.25, 0.3) is 60.8 Å². The first-order chi connectivity index (χ1) is 21.3. The molecule has 2 aromatic heterocycles. The molecule has 0 fully saturated rings. The molecule has 0 atom stereocenters. The van der Waals surface area contributed by atoms with Crippen LogP contribution in [0.15, 0.2) is 151 Å². The molecule has 0 N–H and O–H groups in total. The van der Waals surface area contributed by atoms with E-state index in [-0.39, 0.29) is 0 Å². The molecule has 7 aromatic rings. The number of hydrogen-bond acceptors (Lipinski definition) is 3. The Balaban J connectivity index is 1.19. The normalized spacial score (nSPS) is 12.9. The lowest BCUT2D eigenvalue weighted by Gasteiger charge is -2.26. The maximum absolute atomic E-state index is 5.13. The van der Waals surface area contributed by atoms with E-state index in [4.69, 9.17) is 4.98 Å². The second kappa shape index (κ2) is 10.3. The second-order valence-electron chi connectivity index (χ2n) is 10.7. The van der Waals surface area contributed by atoms with Gasteiger partial charge in [0, 0.05) is 40.2 Å². The fraction of sp³-hybridized carbons (Fsp3) is 0.0256. The highest BCUT2D eigenvalue weighted by Gasteiger charge is 2.20. The monoisotopic (exact) mass is 552 g/mol. The van der Waals surface area contributed by atoms with Crippen LogP contribution < -0.4 is 4.90 Å². The molecule has 8 rings (SSSR count). The Morgan fingerprint density at radius 3 is 1.81 bits per heavy atom. The molecule has 0 amide bonds. The number of benzene rings is 5. The van der Waals surface area contributed by atoms with Crippen molar-refractivity contribution in [3.8, 4) is 28.1 Å². The molecule has 0 aliphatic carbocycles. The van der Waals surface area contributed by atoms with Crippen LogP contribution in [0.2, 0.25) is 0 Å². The van der Waals surface area contributed by atoms with Crippen LogP contribution in [0.1, 0.15) is 0 Å². The zero-order valence-corrected chi connectivity index (χ0v) is 23.6. The number of fused-ring (bicyclic) bond motifs is 4. The minimum absolute atomic E-state index is 0.752. The van der Waals surface area contributed by atoms with Crippen LogP contribution in [0, 0.1) is 0 Å². The first-order valence-electron chi connectivity index (χ1n) is 14.5. The molecular weight excluding hydrogens is 524 g/mol. The van der Waals surface area contributed by atoms with Gasteiger partial charge in [0.2, 0.25) is 0 Å². The number of allylic oxidation sites excluding steroid dienone is 2. The lowest BCUT2D eigenvalue weighted by Crippen LogP contribution is -2.19. The molecule has 4 nitrogen and oxygen atoms in total. The van der Waals surface area contributed by atoms with Gasteiger partial charge in [-0.2, -0.15) is 0 Å². The van der Waals surface area contributed by atoms with Crippen LogP contribution in [-0.4, -0.2) is 22.8 Å². The van der Waals surface area contributed by atoms with E-state index in [9.17, 15) is 0 Å². The van der Waals surface area contributed by atoms with Gasteiger partial charge in [-0.05, 0) is 54.3 Å². The van der Waals surface area contributed by atoms with E-state index >= 15 is 0 Å². The third kappa shape index (κ3) is 4.15. The predicted octanol–water partition coefficient (Wildman–Crippen LogP) is 9.89. The Labute approximate surface area is 250 Å². The molecule has 0 spiro atoms. The standard InChI is InChI=1S/C39H28N4/c1-40-38-33-13-3-6-14-34(33)41-37(39(38)42-25-9-2-10-26-42)29-19-17-27(18-20-29)28-21-23-30(24-22-28)43-35-15-7-4-11-31(35)32-12-5-8-16-36(32)43/h2-25H,1,26H2. The first-order valence-corrected chi connectivity index (χ1v) is 14.5. The molecular formula is C39H28N4. The van der Waals surface area contributed by atoms with E-state index in [1.165, 1.54) is 27.4 Å². The zero-order chi connectivity index (χ0) is 28.8. The number of para-hydroxylation sites is 3. The number of nitrogens with zero attached hydrogens (tertiary/aromatic N) is 4. The Morgan fingerprint density at radius 1 is 0.605 bits per heavy atom. The molecule has 43 heavy (non-hydrogen) atoms. The average molecular weight is 553 g/mol. The molecule has 1 aliphatic rings. The van der Waals surface area contributed by atoms with E-state index in [0.717, 1.165) is 51.3 Å². The third-order valence-corrected chi connectivity index (χ3v) is 8.30. The number of aromatic nitrogens is 2. The summed E-state index contributed by atoms with van der Waals surface area (Å²) in [5, 5.41) is 3.54. The fourth-order valence-corrected chi connectivity index (χ4v) is 6.28. The molecule has 0 unspecified atom stereocenters. The maximum Gasteiger partial charge on any atom is 0.0975 e. The fourth-order valence-electron chi connectivity index (χ4n) is 6.28. The summed E-state index contributed by atoms with van der Waals surface area (Å²) in [5.74, 6) is 0. The minimum Gasteiger partial charge on any atom is -0.341 e. The van der Waals surface area contributed by atoms with Crippen LogP contribution in [-0.2, 0) is 0 Å². The number of anilines is 1. The Bertz CT molecular complexity index is 2160. The Kier molecular flexibility index (Phi) is 5.97. The average Bonchev–Trinajstić information content (AvgIpc) is 3.42. The summed E-state index contributed by atoms with van der Waals surface area (Å²) >= 11 is 0. The van der Waals surface area contributed by atoms with E-state index in [2.05, 4.69) is 143 Å². The summed E-state index contributed by atoms with van der Waals surface area (Å²) in [6.45, 7) is 4.69. The summed E-state index contributed by atoms with van der Waals surface area (Å²) in [5.41, 5.74) is 10.6. The maximum atomic E-state index is 5.13. The van der Waals surface area contributed by atoms with E-state index in [1.807, 2.05) is 24.3 Å². The first kappa shape index (κ1) is 25.0. The van der Waals surface area contributed by atoms with E-state index in [0.29, 0.717) is 0 Å². The Morgan fingerprint density at radius 2 is 1.19 bits per heavy atom. The van der Waals surface area contributed by atoms with Crippen molar-refractivity contribution in [3.63, 3.8) is 0 Å². The molecule has 1 aliphatic heterocycles. The molecule has 5 aromatic carbocycles. The summed E-state index contributed by atoms with van der Waals surface area (Å²) in [6, 6.07) is 42.9. The van der Waals surface area contributed by atoms with Crippen molar-refractivity contribution in [1.82, 2.24) is 9.55 Å². The van der Waals surface area contributed by atoms with E-state index in [1.54, 1.807) is 0 Å². The number of pyridine rings is 1. The van der Waals surface area contributed by atoms with Crippen molar-refractivity contribution < 1.29 is 0 Å². The van der Waals surface area contributed by atoms with Crippen molar-refractivity contribution in [2.24, 2.45) is 4.99 Å². The highest BCUT2D eigenvalue weighted by Crippen LogP contribution is 2.43. The topological polar surface area (TPSA) is 33.4 Å². The van der Waals surface area contributed by atoms with Crippen LogP contribution in [0.4, 0.5) is 11.4 Å². The van der Waals surface area contributed by atoms with Gasteiger partial charge in [0.15, 0.2) is 0 Å². The van der Waals surface area contributed by atoms with Gasteiger partial charge in [0.1, 0.15) is 0 Å². The van der Waals surface area contributed by atoms with Gasteiger partial charge in [-0.1, -0.05) is 103 Å². The highest BCUT2D eigenvalue weighted by molar-refractivity contribution is 6.09. The van der Waals surface area contributed by atoms with Gasteiger partial charge >= 0.3 is 0 Å². The lowest BCUT2D eigenvalue weighted by atomic mass is 10.00. The smallest absolute Gasteiger partial charge is 0.0975 e. The van der Waals surface area contributed by atoms with E-state index < -0.39 is 0 Å². The Hall–Kier alpha value is -5.74. The summed E-state index contributed by atoms with van der Waals surface area (Å²) in [4.78, 5) is 11.8.